The normalized spacial score (nSPS) is 13.3. The van der Waals surface area contributed by atoms with Crippen LogP contribution in [0.2, 0.25) is 0 Å². The van der Waals surface area contributed by atoms with E-state index in [-0.39, 0.29) is 38.0 Å². The van der Waals surface area contributed by atoms with Crippen LogP contribution in [0.5, 0.6) is 0 Å². The number of unbranched alkanes of at least 4 members (excludes halogenated alkanes) is 13. The largest absolute Gasteiger partial charge is 0.462 e. The molecule has 0 bridgehead atoms. The lowest BCUT2D eigenvalue weighted by molar-refractivity contribution is -0.166. The van der Waals surface area contributed by atoms with Gasteiger partial charge >= 0.3 is 17.9 Å². The van der Waals surface area contributed by atoms with Gasteiger partial charge in [-0.1, -0.05) is 244 Å². The van der Waals surface area contributed by atoms with Gasteiger partial charge in [-0.25, -0.2) is 0 Å². The third kappa shape index (κ3) is 54.1. The Kier molecular flexibility index (Phi) is 52.1. The molecule has 0 radical (unpaired) electrons. The van der Waals surface area contributed by atoms with Crippen molar-refractivity contribution >= 4 is 17.9 Å². The number of hydrogen-bond acceptors (Lipinski definition) is 6. The number of carbonyl (C=O) groups excluding carboxylic acids is 3. The predicted octanol–water partition coefficient (Wildman–Crippen LogP) is 18.4. The molecule has 0 N–H and O–H groups in total. The molecule has 69 heavy (non-hydrogen) atoms. The van der Waals surface area contributed by atoms with E-state index in [1.54, 1.807) is 6.08 Å². The fourth-order valence-corrected chi connectivity index (χ4v) is 6.86. The summed E-state index contributed by atoms with van der Waals surface area (Å²) in [5, 5.41) is 0. The van der Waals surface area contributed by atoms with E-state index in [9.17, 15) is 14.4 Å². The summed E-state index contributed by atoms with van der Waals surface area (Å²) in [5.74, 6) is -1.14. The van der Waals surface area contributed by atoms with E-state index >= 15 is 0 Å². The summed E-state index contributed by atoms with van der Waals surface area (Å²) in [6.07, 6.45) is 80.1. The second-order valence-electron chi connectivity index (χ2n) is 17.4. The molecule has 0 aliphatic heterocycles. The molecule has 0 aromatic rings. The molecule has 0 aromatic carbocycles. The van der Waals surface area contributed by atoms with Crippen molar-refractivity contribution in [2.75, 3.05) is 13.2 Å². The second-order valence-corrected chi connectivity index (χ2v) is 17.4. The minimum atomic E-state index is -0.860. The Morgan fingerprint density at radius 2 is 0.609 bits per heavy atom. The number of esters is 3. The number of ether oxygens (including phenoxy) is 3. The molecule has 386 valence electrons. The van der Waals surface area contributed by atoms with Gasteiger partial charge in [0, 0.05) is 12.8 Å². The first-order chi connectivity index (χ1) is 34.0. The van der Waals surface area contributed by atoms with Crippen LogP contribution >= 0.6 is 0 Å². The highest BCUT2D eigenvalue weighted by molar-refractivity contribution is 5.72. The summed E-state index contributed by atoms with van der Waals surface area (Å²) in [5.41, 5.74) is 0. The van der Waals surface area contributed by atoms with E-state index < -0.39 is 12.1 Å². The molecule has 0 aliphatic rings. The van der Waals surface area contributed by atoms with E-state index in [1.165, 1.54) is 64.2 Å². The number of allylic oxidation sites excluding steroid dienone is 23. The predicted molar refractivity (Wildman–Crippen MR) is 297 cm³/mol. The molecule has 0 spiro atoms. The van der Waals surface area contributed by atoms with Crippen LogP contribution in [0.3, 0.4) is 0 Å². The summed E-state index contributed by atoms with van der Waals surface area (Å²) in [4.78, 5) is 38.0. The van der Waals surface area contributed by atoms with Crippen LogP contribution < -0.4 is 0 Å². The van der Waals surface area contributed by atoms with Crippen LogP contribution in [0.25, 0.3) is 0 Å². The molecule has 0 saturated heterocycles. The molecule has 0 fully saturated rings. The SMILES string of the molecule is CC/C=C\C/C=C\C/C=C\C/C=C\C/C=C\C/C=C\C/C=C\CCCC(=O)OCC(COC(=O)CCCCCCCCCCCCCCC)OC(=O)C/C=C\C/C=C\C/C=C\C/C=C\C/C=C\CC. The highest BCUT2D eigenvalue weighted by atomic mass is 16.6. The van der Waals surface area contributed by atoms with Crippen LogP contribution in [0.1, 0.15) is 213 Å². The highest BCUT2D eigenvalue weighted by Crippen LogP contribution is 2.14. The minimum absolute atomic E-state index is 0.0791. The van der Waals surface area contributed by atoms with Crippen LogP contribution in [0.4, 0.5) is 0 Å². The summed E-state index contributed by atoms with van der Waals surface area (Å²) in [6, 6.07) is 0. The zero-order valence-corrected chi connectivity index (χ0v) is 44.0. The lowest BCUT2D eigenvalue weighted by Crippen LogP contribution is -2.30. The van der Waals surface area contributed by atoms with E-state index in [2.05, 4.69) is 154 Å². The quantitative estimate of drug-likeness (QED) is 0.0262. The molecule has 0 rings (SSSR count). The fraction of sp³-hybridized carbons (Fsp3) is 0.571. The average molecular weight is 951 g/mol. The topological polar surface area (TPSA) is 78.9 Å². The molecule has 0 aromatic heterocycles. The zero-order chi connectivity index (χ0) is 50.0. The first-order valence-corrected chi connectivity index (χ1v) is 27.3. The van der Waals surface area contributed by atoms with Crippen LogP contribution in [0, 0.1) is 0 Å². The maximum Gasteiger partial charge on any atom is 0.310 e. The third-order valence-corrected chi connectivity index (χ3v) is 10.9. The van der Waals surface area contributed by atoms with E-state index in [4.69, 9.17) is 14.2 Å². The summed E-state index contributed by atoms with van der Waals surface area (Å²) < 4.78 is 16.7. The van der Waals surface area contributed by atoms with Crippen molar-refractivity contribution in [1.29, 1.82) is 0 Å². The van der Waals surface area contributed by atoms with Crippen molar-refractivity contribution in [1.82, 2.24) is 0 Å². The molecular weight excluding hydrogens is 853 g/mol. The molecule has 6 nitrogen and oxygen atoms in total. The molecule has 1 atom stereocenters. The molecule has 0 aliphatic carbocycles. The van der Waals surface area contributed by atoms with Gasteiger partial charge in [-0.2, -0.15) is 0 Å². The number of rotatable bonds is 47. The summed E-state index contributed by atoms with van der Waals surface area (Å²) >= 11 is 0. The van der Waals surface area contributed by atoms with Gasteiger partial charge < -0.3 is 14.2 Å². The van der Waals surface area contributed by atoms with Crippen molar-refractivity contribution in [2.24, 2.45) is 0 Å². The molecular formula is C63H98O6. The Balaban J connectivity index is 4.58. The molecule has 0 saturated carbocycles. The Labute approximate surface area is 423 Å². The van der Waals surface area contributed by atoms with Crippen LogP contribution in [-0.2, 0) is 28.6 Å². The monoisotopic (exact) mass is 951 g/mol. The maximum atomic E-state index is 12.8. The van der Waals surface area contributed by atoms with Gasteiger partial charge in [-0.05, 0) is 96.3 Å². The summed E-state index contributed by atoms with van der Waals surface area (Å²) in [7, 11) is 0. The van der Waals surface area contributed by atoms with E-state index in [0.29, 0.717) is 19.3 Å². The highest BCUT2D eigenvalue weighted by Gasteiger charge is 2.19. The van der Waals surface area contributed by atoms with Crippen molar-refractivity contribution in [3.8, 4) is 0 Å². The fourth-order valence-electron chi connectivity index (χ4n) is 6.86. The first-order valence-electron chi connectivity index (χ1n) is 27.3. The van der Waals surface area contributed by atoms with Gasteiger partial charge in [0.2, 0.25) is 0 Å². The van der Waals surface area contributed by atoms with Crippen molar-refractivity contribution in [3.63, 3.8) is 0 Å². The van der Waals surface area contributed by atoms with E-state index in [0.717, 1.165) is 96.3 Å². The van der Waals surface area contributed by atoms with Crippen LogP contribution in [0.15, 0.2) is 146 Å². The van der Waals surface area contributed by atoms with Crippen LogP contribution in [-0.4, -0.2) is 37.2 Å². The molecule has 1 unspecified atom stereocenters. The first kappa shape index (κ1) is 64.3. The number of hydrogen-bond donors (Lipinski definition) is 0. The molecule has 0 heterocycles. The van der Waals surface area contributed by atoms with Crippen molar-refractivity contribution in [2.45, 2.75) is 219 Å². The Morgan fingerprint density at radius 1 is 0.319 bits per heavy atom. The van der Waals surface area contributed by atoms with Gasteiger partial charge in [-0.15, -0.1) is 0 Å². The second kappa shape index (κ2) is 55.9. The smallest absolute Gasteiger partial charge is 0.310 e. The molecule has 6 heteroatoms. The lowest BCUT2D eigenvalue weighted by atomic mass is 10.0. The zero-order valence-electron chi connectivity index (χ0n) is 44.0. The van der Waals surface area contributed by atoms with Gasteiger partial charge in [0.15, 0.2) is 6.10 Å². The third-order valence-electron chi connectivity index (χ3n) is 10.9. The Bertz CT molecular complexity index is 1560. The van der Waals surface area contributed by atoms with Gasteiger partial charge in [0.25, 0.3) is 0 Å². The van der Waals surface area contributed by atoms with Crippen molar-refractivity contribution in [3.05, 3.63) is 146 Å². The van der Waals surface area contributed by atoms with Gasteiger partial charge in [-0.3, -0.25) is 14.4 Å². The Hall–Kier alpha value is -4.71. The maximum absolute atomic E-state index is 12.8. The standard InChI is InChI=1S/C63H98O6/c1-4-7-10-13-16-19-22-25-27-28-29-30-31-32-33-34-36-38-41-44-47-50-53-56-62(65)68-59-60(58-67-61(64)55-52-49-46-43-40-37-24-21-18-15-12-9-6-3)69-63(66)57-54-51-48-45-42-39-35-26-23-20-17-14-11-8-5-2/h7-8,10-11,16-17,19-20,25-27,29-30,32-33,35-36,38,42,44-45,47,51,54,60H,4-6,9,12-15,18,21-24,28,31,34,37,39-41,43,46,48-50,52-53,55-59H2,1-3H3/b10-7-,11-8-,19-16-,20-17-,27-25-,30-29-,33-32-,35-26-,38-36-,45-42-,47-44-,54-51-. The van der Waals surface area contributed by atoms with E-state index in [1.807, 2.05) is 6.08 Å². The number of carbonyl (C=O) groups is 3. The van der Waals surface area contributed by atoms with Gasteiger partial charge in [0.05, 0.1) is 6.42 Å². The summed E-state index contributed by atoms with van der Waals surface area (Å²) in [6.45, 7) is 6.26. The van der Waals surface area contributed by atoms with Crippen molar-refractivity contribution < 1.29 is 28.6 Å². The minimum Gasteiger partial charge on any atom is -0.462 e. The van der Waals surface area contributed by atoms with Gasteiger partial charge in [0.1, 0.15) is 13.2 Å². The lowest BCUT2D eigenvalue weighted by Gasteiger charge is -2.18. The Morgan fingerprint density at radius 3 is 0.957 bits per heavy atom. The molecule has 0 amide bonds. The average Bonchev–Trinajstić information content (AvgIpc) is 3.35.